The van der Waals surface area contributed by atoms with Crippen molar-refractivity contribution in [2.75, 3.05) is 7.11 Å². The lowest BCUT2D eigenvalue weighted by Crippen LogP contribution is -2.46. The highest BCUT2D eigenvalue weighted by atomic mass is 16.5. The maximum atomic E-state index is 11.3. The van der Waals surface area contributed by atoms with Crippen LogP contribution in [0.3, 0.4) is 0 Å². The highest BCUT2D eigenvalue weighted by molar-refractivity contribution is 5.83. The van der Waals surface area contributed by atoms with Crippen molar-refractivity contribution in [2.45, 2.75) is 37.8 Å². The van der Waals surface area contributed by atoms with Gasteiger partial charge in [-0.3, -0.25) is 4.79 Å². The minimum atomic E-state index is -1.17. The van der Waals surface area contributed by atoms with Crippen LogP contribution in [0.1, 0.15) is 25.7 Å². The van der Waals surface area contributed by atoms with Crippen molar-refractivity contribution in [1.29, 1.82) is 0 Å². The second-order valence-electron chi connectivity index (χ2n) is 3.90. The number of carboxylic acid groups (broad SMARTS) is 1. The van der Waals surface area contributed by atoms with Gasteiger partial charge in [0.1, 0.15) is 6.04 Å². The number of esters is 1. The summed E-state index contributed by atoms with van der Waals surface area (Å²) in [5, 5.41) is 13.8. The molecular weight excluding hydrogens is 228 g/mol. The molecule has 0 bridgehead atoms. The molecule has 0 aromatic carbocycles. The topological polar surface area (TPSA) is 105 Å². The van der Waals surface area contributed by atoms with Crippen molar-refractivity contribution in [3.8, 4) is 0 Å². The van der Waals surface area contributed by atoms with Crippen molar-refractivity contribution in [2.24, 2.45) is 0 Å². The van der Waals surface area contributed by atoms with E-state index < -0.39 is 24.0 Å². The van der Waals surface area contributed by atoms with Gasteiger partial charge in [-0.25, -0.2) is 9.59 Å². The van der Waals surface area contributed by atoms with Crippen LogP contribution in [0, 0.1) is 0 Å². The summed E-state index contributed by atoms with van der Waals surface area (Å²) in [6.45, 7) is 0. The Kier molecular flexibility index (Phi) is 4.74. The molecule has 0 unspecified atom stereocenters. The molecule has 17 heavy (non-hydrogen) atoms. The number of hydrogen-bond donors (Lipinski definition) is 3. The Bertz CT molecular complexity index is 314. The summed E-state index contributed by atoms with van der Waals surface area (Å²) in [4.78, 5) is 33.0. The zero-order valence-corrected chi connectivity index (χ0v) is 9.56. The minimum Gasteiger partial charge on any atom is -0.480 e. The van der Waals surface area contributed by atoms with E-state index in [0.29, 0.717) is 0 Å². The molecule has 1 aliphatic rings. The van der Waals surface area contributed by atoms with Crippen molar-refractivity contribution >= 4 is 18.0 Å². The third kappa shape index (κ3) is 5.19. The van der Waals surface area contributed by atoms with E-state index in [9.17, 15) is 14.4 Å². The second-order valence-corrected chi connectivity index (χ2v) is 3.90. The van der Waals surface area contributed by atoms with Gasteiger partial charge in [-0.05, 0) is 19.3 Å². The summed E-state index contributed by atoms with van der Waals surface area (Å²) >= 11 is 0. The molecule has 0 heterocycles. The molecule has 0 aromatic heterocycles. The van der Waals surface area contributed by atoms with E-state index in [4.69, 9.17) is 5.11 Å². The lowest BCUT2D eigenvalue weighted by molar-refractivity contribution is -0.142. The molecule has 96 valence electrons. The molecule has 1 rings (SSSR count). The summed E-state index contributed by atoms with van der Waals surface area (Å²) in [6.07, 6.45) is 1.82. The summed E-state index contributed by atoms with van der Waals surface area (Å²) in [7, 11) is 1.23. The minimum absolute atomic E-state index is 0.0140. The molecule has 0 aromatic rings. The van der Waals surface area contributed by atoms with Gasteiger partial charge >= 0.3 is 18.0 Å². The van der Waals surface area contributed by atoms with E-state index >= 15 is 0 Å². The Balaban J connectivity index is 2.33. The molecule has 7 nitrogen and oxygen atoms in total. The lowest BCUT2D eigenvalue weighted by atomic mass is 10.1. The molecule has 0 aliphatic heterocycles. The quantitative estimate of drug-likeness (QED) is 0.564. The third-order valence-corrected chi connectivity index (χ3v) is 2.38. The van der Waals surface area contributed by atoms with Crippen LogP contribution in [0.2, 0.25) is 0 Å². The number of aliphatic carboxylic acids is 1. The maximum Gasteiger partial charge on any atom is 0.326 e. The van der Waals surface area contributed by atoms with Crippen molar-refractivity contribution < 1.29 is 24.2 Å². The van der Waals surface area contributed by atoms with Gasteiger partial charge in [0.25, 0.3) is 0 Å². The average molecular weight is 244 g/mol. The van der Waals surface area contributed by atoms with Gasteiger partial charge in [0, 0.05) is 12.5 Å². The highest BCUT2D eigenvalue weighted by Gasteiger charge is 2.26. The molecule has 0 saturated heterocycles. The molecular formula is C10H16N2O5. The van der Waals surface area contributed by atoms with Crippen molar-refractivity contribution in [3.05, 3.63) is 0 Å². The normalized spacial score (nSPS) is 15.8. The van der Waals surface area contributed by atoms with Crippen LogP contribution in [0.25, 0.3) is 0 Å². The number of carboxylic acids is 1. The molecule has 2 amide bonds. The zero-order valence-electron chi connectivity index (χ0n) is 9.56. The van der Waals surface area contributed by atoms with Crippen LogP contribution in [-0.4, -0.2) is 42.3 Å². The van der Waals surface area contributed by atoms with Gasteiger partial charge in [0.15, 0.2) is 0 Å². The number of rotatable bonds is 6. The number of methoxy groups -OCH3 is 1. The fraction of sp³-hybridized carbons (Fsp3) is 0.700. The number of carbonyl (C=O) groups is 3. The van der Waals surface area contributed by atoms with Gasteiger partial charge in [0.05, 0.1) is 7.11 Å². The van der Waals surface area contributed by atoms with E-state index in [1.807, 2.05) is 0 Å². The fourth-order valence-electron chi connectivity index (χ4n) is 1.23. The Morgan fingerprint density at radius 1 is 1.41 bits per heavy atom. The fourth-order valence-corrected chi connectivity index (χ4v) is 1.23. The maximum absolute atomic E-state index is 11.3. The molecule has 1 atom stereocenters. The smallest absolute Gasteiger partial charge is 0.326 e. The molecule has 0 spiro atoms. The van der Waals surface area contributed by atoms with E-state index in [2.05, 4.69) is 15.4 Å². The molecule has 3 N–H and O–H groups in total. The van der Waals surface area contributed by atoms with Crippen LogP contribution in [0.15, 0.2) is 0 Å². The number of amides is 2. The Hall–Kier alpha value is -1.79. The summed E-state index contributed by atoms with van der Waals surface area (Å²) in [6, 6.07) is -1.43. The summed E-state index contributed by atoms with van der Waals surface area (Å²) in [5.41, 5.74) is 0. The first-order valence-electron chi connectivity index (χ1n) is 5.39. The molecule has 7 heteroatoms. The Morgan fingerprint density at radius 2 is 2.06 bits per heavy atom. The summed E-state index contributed by atoms with van der Waals surface area (Å²) in [5.74, 6) is -1.67. The molecule has 1 saturated carbocycles. The largest absolute Gasteiger partial charge is 0.480 e. The van der Waals surface area contributed by atoms with Crippen molar-refractivity contribution in [3.63, 3.8) is 0 Å². The van der Waals surface area contributed by atoms with Gasteiger partial charge in [-0.1, -0.05) is 0 Å². The number of ether oxygens (including phenoxy) is 1. The van der Waals surface area contributed by atoms with Crippen LogP contribution in [-0.2, 0) is 14.3 Å². The van der Waals surface area contributed by atoms with E-state index in [1.54, 1.807) is 0 Å². The standard InChI is InChI=1S/C10H16N2O5/c1-17-8(13)5-4-7(9(14)15)12-10(16)11-6-2-3-6/h6-7H,2-5H2,1H3,(H,14,15)(H2,11,12,16)/t7-/m1/s1. The third-order valence-electron chi connectivity index (χ3n) is 2.38. The Labute approximate surface area is 98.5 Å². The number of carbonyl (C=O) groups excluding carboxylic acids is 2. The SMILES string of the molecule is COC(=O)CC[C@@H](NC(=O)NC1CC1)C(=O)O. The van der Waals surface area contributed by atoms with Crippen LogP contribution >= 0.6 is 0 Å². The molecule has 1 fully saturated rings. The Morgan fingerprint density at radius 3 is 2.53 bits per heavy atom. The summed E-state index contributed by atoms with van der Waals surface area (Å²) < 4.78 is 4.40. The van der Waals surface area contributed by atoms with Crippen LogP contribution < -0.4 is 10.6 Å². The van der Waals surface area contributed by atoms with E-state index in [0.717, 1.165) is 12.8 Å². The lowest BCUT2D eigenvalue weighted by Gasteiger charge is -2.14. The highest BCUT2D eigenvalue weighted by Crippen LogP contribution is 2.18. The van der Waals surface area contributed by atoms with Gasteiger partial charge in [-0.15, -0.1) is 0 Å². The first kappa shape index (κ1) is 13.3. The monoisotopic (exact) mass is 244 g/mol. The number of hydrogen-bond acceptors (Lipinski definition) is 4. The van der Waals surface area contributed by atoms with E-state index in [1.165, 1.54) is 7.11 Å². The first-order chi connectivity index (χ1) is 8.02. The zero-order chi connectivity index (χ0) is 12.8. The number of nitrogens with one attached hydrogen (secondary N) is 2. The van der Waals surface area contributed by atoms with Gasteiger partial charge in [0.2, 0.25) is 0 Å². The van der Waals surface area contributed by atoms with Crippen LogP contribution in [0.5, 0.6) is 0 Å². The molecule has 0 radical (unpaired) electrons. The van der Waals surface area contributed by atoms with Gasteiger partial charge < -0.3 is 20.5 Å². The average Bonchev–Trinajstić information content (AvgIpc) is 3.06. The second kappa shape index (κ2) is 6.07. The number of urea groups is 1. The van der Waals surface area contributed by atoms with Crippen molar-refractivity contribution in [1.82, 2.24) is 10.6 Å². The predicted molar refractivity (Wildman–Crippen MR) is 57.4 cm³/mol. The molecule has 1 aliphatic carbocycles. The van der Waals surface area contributed by atoms with E-state index in [-0.39, 0.29) is 18.9 Å². The predicted octanol–water partition coefficient (Wildman–Crippen LogP) is -0.146. The van der Waals surface area contributed by atoms with Gasteiger partial charge in [-0.2, -0.15) is 0 Å². The van der Waals surface area contributed by atoms with Crippen LogP contribution in [0.4, 0.5) is 4.79 Å². The first-order valence-corrected chi connectivity index (χ1v) is 5.39.